The van der Waals surface area contributed by atoms with Crippen LogP contribution in [0.15, 0.2) is 0 Å². The second-order valence-corrected chi connectivity index (χ2v) is 7.36. The van der Waals surface area contributed by atoms with Gasteiger partial charge in [-0.2, -0.15) is 0 Å². The maximum Gasteiger partial charge on any atom is 0.151 e. The maximum absolute atomic E-state index is 11.5. The molecule has 1 heterocycles. The van der Waals surface area contributed by atoms with Crippen molar-refractivity contribution in [1.29, 1.82) is 0 Å². The summed E-state index contributed by atoms with van der Waals surface area (Å²) in [5, 5.41) is 0. The van der Waals surface area contributed by atoms with E-state index in [0.29, 0.717) is 24.1 Å². The predicted octanol–water partition coefficient (Wildman–Crippen LogP) is 0.377. The SMILES string of the molecule is NC1CCCCC1N1CCCS(=O)(=O)CC1. The Morgan fingerprint density at radius 2 is 1.75 bits per heavy atom. The first kappa shape index (κ1) is 12.3. The Morgan fingerprint density at radius 3 is 2.50 bits per heavy atom. The van der Waals surface area contributed by atoms with Gasteiger partial charge in [0.25, 0.3) is 0 Å². The molecule has 1 saturated carbocycles. The minimum Gasteiger partial charge on any atom is -0.326 e. The molecule has 0 bridgehead atoms. The van der Waals surface area contributed by atoms with Gasteiger partial charge in [0.1, 0.15) is 0 Å². The molecule has 1 aliphatic carbocycles. The molecule has 2 fully saturated rings. The number of rotatable bonds is 1. The lowest BCUT2D eigenvalue weighted by Gasteiger charge is -2.37. The molecule has 0 amide bonds. The average molecular weight is 246 g/mol. The molecule has 2 aliphatic rings. The van der Waals surface area contributed by atoms with Gasteiger partial charge in [-0.1, -0.05) is 12.8 Å². The zero-order valence-electron chi connectivity index (χ0n) is 9.77. The summed E-state index contributed by atoms with van der Waals surface area (Å²) >= 11 is 0. The summed E-state index contributed by atoms with van der Waals surface area (Å²) in [7, 11) is -2.79. The third kappa shape index (κ3) is 2.96. The molecule has 5 heteroatoms. The highest BCUT2D eigenvalue weighted by Gasteiger charge is 2.30. The van der Waals surface area contributed by atoms with E-state index in [4.69, 9.17) is 5.73 Å². The lowest BCUT2D eigenvalue weighted by molar-refractivity contribution is 0.147. The quantitative estimate of drug-likeness (QED) is 0.726. The highest BCUT2D eigenvalue weighted by Crippen LogP contribution is 2.23. The summed E-state index contributed by atoms with van der Waals surface area (Å²) in [5.74, 6) is 0.668. The fourth-order valence-electron chi connectivity index (χ4n) is 2.88. The molecular formula is C11H22N2O2S. The van der Waals surface area contributed by atoms with Crippen molar-refractivity contribution in [3.05, 3.63) is 0 Å². The molecule has 94 valence electrons. The number of nitrogens with two attached hydrogens (primary N) is 1. The molecule has 0 spiro atoms. The molecule has 0 radical (unpaired) electrons. The summed E-state index contributed by atoms with van der Waals surface area (Å²) in [6.07, 6.45) is 5.46. The first-order valence-corrected chi connectivity index (χ1v) is 8.11. The van der Waals surface area contributed by atoms with Gasteiger partial charge in [-0.15, -0.1) is 0 Å². The summed E-state index contributed by atoms with van der Waals surface area (Å²) in [6.45, 7) is 1.58. The largest absolute Gasteiger partial charge is 0.326 e. The standard InChI is InChI=1S/C11H22N2O2S/c12-10-4-1-2-5-11(10)13-6-3-8-16(14,15)9-7-13/h10-11H,1-9,12H2. The van der Waals surface area contributed by atoms with Crippen LogP contribution in [0.25, 0.3) is 0 Å². The van der Waals surface area contributed by atoms with E-state index in [2.05, 4.69) is 4.90 Å². The maximum atomic E-state index is 11.5. The van der Waals surface area contributed by atoms with Crippen molar-refractivity contribution in [3.8, 4) is 0 Å². The Balaban J connectivity index is 1.98. The van der Waals surface area contributed by atoms with Crippen molar-refractivity contribution in [2.24, 2.45) is 5.73 Å². The van der Waals surface area contributed by atoms with E-state index in [1.54, 1.807) is 0 Å². The third-order valence-electron chi connectivity index (χ3n) is 3.84. The van der Waals surface area contributed by atoms with Gasteiger partial charge >= 0.3 is 0 Å². The van der Waals surface area contributed by atoms with Gasteiger partial charge in [0.2, 0.25) is 0 Å². The van der Waals surface area contributed by atoms with Crippen molar-refractivity contribution in [3.63, 3.8) is 0 Å². The molecule has 2 unspecified atom stereocenters. The van der Waals surface area contributed by atoms with Crippen molar-refractivity contribution in [1.82, 2.24) is 4.90 Å². The van der Waals surface area contributed by atoms with Gasteiger partial charge in [0, 0.05) is 18.6 Å². The third-order valence-corrected chi connectivity index (χ3v) is 5.56. The molecule has 2 atom stereocenters. The van der Waals surface area contributed by atoms with Crippen molar-refractivity contribution in [2.75, 3.05) is 24.6 Å². The van der Waals surface area contributed by atoms with Gasteiger partial charge in [0.15, 0.2) is 9.84 Å². The van der Waals surface area contributed by atoms with E-state index in [1.165, 1.54) is 12.8 Å². The van der Waals surface area contributed by atoms with Crippen LogP contribution in [0.4, 0.5) is 0 Å². The first-order valence-electron chi connectivity index (χ1n) is 6.28. The molecule has 0 aromatic heterocycles. The van der Waals surface area contributed by atoms with Gasteiger partial charge in [-0.05, 0) is 25.8 Å². The van der Waals surface area contributed by atoms with Crippen LogP contribution >= 0.6 is 0 Å². The number of nitrogens with zero attached hydrogens (tertiary/aromatic N) is 1. The van der Waals surface area contributed by atoms with Crippen LogP contribution in [0.5, 0.6) is 0 Å². The minimum absolute atomic E-state index is 0.245. The first-order chi connectivity index (χ1) is 7.58. The van der Waals surface area contributed by atoms with Crippen molar-refractivity contribution in [2.45, 2.75) is 44.2 Å². The van der Waals surface area contributed by atoms with Gasteiger partial charge in [-0.3, -0.25) is 4.90 Å². The van der Waals surface area contributed by atoms with E-state index >= 15 is 0 Å². The van der Waals surface area contributed by atoms with Gasteiger partial charge in [-0.25, -0.2) is 8.42 Å². The predicted molar refractivity (Wildman–Crippen MR) is 65.1 cm³/mol. The van der Waals surface area contributed by atoms with Gasteiger partial charge in [0.05, 0.1) is 11.5 Å². The van der Waals surface area contributed by atoms with Crippen LogP contribution in [0, 0.1) is 0 Å². The second kappa shape index (κ2) is 5.02. The highest BCUT2D eigenvalue weighted by atomic mass is 32.2. The van der Waals surface area contributed by atoms with Crippen LogP contribution in [0.3, 0.4) is 0 Å². The Kier molecular flexibility index (Phi) is 3.87. The van der Waals surface area contributed by atoms with Crippen molar-refractivity contribution < 1.29 is 8.42 Å². The average Bonchev–Trinajstić information content (AvgIpc) is 2.40. The lowest BCUT2D eigenvalue weighted by atomic mass is 9.90. The van der Waals surface area contributed by atoms with Crippen LogP contribution in [-0.4, -0.2) is 50.0 Å². The zero-order valence-corrected chi connectivity index (χ0v) is 10.6. The topological polar surface area (TPSA) is 63.4 Å². The fourth-order valence-corrected chi connectivity index (χ4v) is 4.17. The van der Waals surface area contributed by atoms with E-state index in [-0.39, 0.29) is 6.04 Å². The van der Waals surface area contributed by atoms with Crippen LogP contribution in [0.2, 0.25) is 0 Å². The van der Waals surface area contributed by atoms with Crippen LogP contribution < -0.4 is 5.73 Å². The lowest BCUT2D eigenvalue weighted by Crippen LogP contribution is -2.50. The summed E-state index contributed by atoms with van der Waals surface area (Å²) < 4.78 is 23.0. The fraction of sp³-hybridized carbons (Fsp3) is 1.00. The van der Waals surface area contributed by atoms with E-state index in [0.717, 1.165) is 25.8 Å². The Hall–Kier alpha value is -0.130. The highest BCUT2D eigenvalue weighted by molar-refractivity contribution is 7.91. The normalized spacial score (nSPS) is 36.8. The van der Waals surface area contributed by atoms with Crippen LogP contribution in [0.1, 0.15) is 32.1 Å². The minimum atomic E-state index is -2.79. The second-order valence-electron chi connectivity index (χ2n) is 5.06. The van der Waals surface area contributed by atoms with Crippen LogP contribution in [-0.2, 0) is 9.84 Å². The smallest absolute Gasteiger partial charge is 0.151 e. The number of hydrogen-bond donors (Lipinski definition) is 1. The molecule has 1 aliphatic heterocycles. The molecule has 2 rings (SSSR count). The van der Waals surface area contributed by atoms with Gasteiger partial charge < -0.3 is 5.73 Å². The molecule has 4 nitrogen and oxygen atoms in total. The number of sulfone groups is 1. The number of hydrogen-bond acceptors (Lipinski definition) is 4. The molecule has 0 aromatic rings. The molecule has 16 heavy (non-hydrogen) atoms. The summed E-state index contributed by atoms with van der Waals surface area (Å²) in [6, 6.07) is 0.664. The Labute approximate surface area is 98.1 Å². The Bertz CT molecular complexity index is 329. The molecule has 0 aromatic carbocycles. The Morgan fingerprint density at radius 1 is 1.00 bits per heavy atom. The van der Waals surface area contributed by atoms with Crippen molar-refractivity contribution >= 4 is 9.84 Å². The summed E-state index contributed by atoms with van der Waals surface area (Å²) in [4.78, 5) is 2.31. The molecule has 1 saturated heterocycles. The molecule has 2 N–H and O–H groups in total. The molecular weight excluding hydrogens is 224 g/mol. The zero-order chi connectivity index (χ0) is 11.6. The summed E-state index contributed by atoms with van der Waals surface area (Å²) in [5.41, 5.74) is 6.14. The monoisotopic (exact) mass is 246 g/mol. The van der Waals surface area contributed by atoms with E-state index in [9.17, 15) is 8.42 Å². The van der Waals surface area contributed by atoms with E-state index in [1.807, 2.05) is 0 Å². The van der Waals surface area contributed by atoms with E-state index < -0.39 is 9.84 Å².